The van der Waals surface area contributed by atoms with Gasteiger partial charge in [0.2, 0.25) is 17.7 Å². The second kappa shape index (κ2) is 12.3. The van der Waals surface area contributed by atoms with E-state index in [0.29, 0.717) is 43.7 Å². The highest BCUT2D eigenvalue weighted by Crippen LogP contribution is 2.32. The van der Waals surface area contributed by atoms with Crippen molar-refractivity contribution < 1.29 is 24.0 Å². The first-order valence-corrected chi connectivity index (χ1v) is 10.6. The van der Waals surface area contributed by atoms with Crippen LogP contribution in [-0.4, -0.2) is 70.7 Å². The minimum Gasteiger partial charge on any atom is -0.483 e. The minimum atomic E-state index is -0.250. The molecule has 2 atom stereocenters. The number of nitrogens with one attached hydrogen (secondary N) is 2. The number of hydrogen-bond donors (Lipinski definition) is 3. The summed E-state index contributed by atoms with van der Waals surface area (Å²) in [6.07, 6.45) is 7.79. The van der Waals surface area contributed by atoms with Gasteiger partial charge in [0, 0.05) is 50.9 Å². The average Bonchev–Trinajstić information content (AvgIpc) is 3.44. The van der Waals surface area contributed by atoms with Gasteiger partial charge in [-0.25, -0.2) is 0 Å². The van der Waals surface area contributed by atoms with E-state index in [-0.39, 0.29) is 24.3 Å². The average molecular weight is 424 g/mol. The van der Waals surface area contributed by atoms with Gasteiger partial charge in [-0.15, -0.1) is 0 Å². The van der Waals surface area contributed by atoms with Gasteiger partial charge in [-0.3, -0.25) is 19.3 Å². The van der Waals surface area contributed by atoms with Gasteiger partial charge in [0.05, 0.1) is 0 Å². The molecule has 0 unspecified atom stereocenters. The maximum absolute atomic E-state index is 12.3. The Hall–Kier alpha value is -2.49. The van der Waals surface area contributed by atoms with E-state index >= 15 is 0 Å². The van der Waals surface area contributed by atoms with Crippen LogP contribution in [0, 0.1) is 0 Å². The van der Waals surface area contributed by atoms with Crippen molar-refractivity contribution in [2.45, 2.75) is 76.3 Å². The molecule has 1 aliphatic heterocycles. The van der Waals surface area contributed by atoms with Gasteiger partial charge in [-0.2, -0.15) is 4.98 Å². The molecule has 2 fully saturated rings. The summed E-state index contributed by atoms with van der Waals surface area (Å²) >= 11 is 0. The molecular weight excluding hydrogens is 390 g/mol. The Balaban J connectivity index is 0.00000101. The lowest BCUT2D eigenvalue weighted by Crippen LogP contribution is -2.42. The van der Waals surface area contributed by atoms with Crippen molar-refractivity contribution >= 4 is 18.3 Å². The molecule has 1 aromatic rings. The first-order chi connectivity index (χ1) is 14.4. The molecule has 3 N–H and O–H groups in total. The zero-order valence-corrected chi connectivity index (χ0v) is 17.8. The molecule has 1 saturated carbocycles. The summed E-state index contributed by atoms with van der Waals surface area (Å²) in [4.78, 5) is 38.4. The Morgan fingerprint density at radius 3 is 2.53 bits per heavy atom. The molecule has 2 amide bonds. The van der Waals surface area contributed by atoms with E-state index in [9.17, 15) is 9.59 Å². The van der Waals surface area contributed by atoms with Gasteiger partial charge in [0.1, 0.15) is 0 Å². The number of amides is 2. The third-order valence-electron chi connectivity index (χ3n) is 5.85. The summed E-state index contributed by atoms with van der Waals surface area (Å²) in [6.45, 7) is 2.44. The van der Waals surface area contributed by atoms with Crippen molar-refractivity contribution in [1.29, 1.82) is 0 Å². The molecule has 1 saturated heterocycles. The number of likely N-dealkylation sites (N-methyl/N-ethyl adjacent to an activating group) is 1. The monoisotopic (exact) mass is 423 g/mol. The molecule has 168 valence electrons. The number of nitrogens with zero attached hydrogens (tertiary/aromatic N) is 3. The summed E-state index contributed by atoms with van der Waals surface area (Å²) in [6, 6.07) is 0.531. The predicted molar refractivity (Wildman–Crippen MR) is 109 cm³/mol. The van der Waals surface area contributed by atoms with Crippen LogP contribution >= 0.6 is 0 Å². The van der Waals surface area contributed by atoms with E-state index in [1.54, 1.807) is 0 Å². The molecular formula is C20H33N5O5. The third kappa shape index (κ3) is 7.40. The molecule has 30 heavy (non-hydrogen) atoms. The largest absolute Gasteiger partial charge is 0.483 e. The molecule has 0 radical (unpaired) electrons. The van der Waals surface area contributed by atoms with Crippen LogP contribution in [0.2, 0.25) is 0 Å². The fraction of sp³-hybridized carbons (Fsp3) is 0.750. The Labute approximate surface area is 176 Å². The number of carboxylic acid groups (broad SMARTS) is 1. The smallest absolute Gasteiger partial charge is 0.290 e. The van der Waals surface area contributed by atoms with Gasteiger partial charge >= 0.3 is 0 Å². The Kier molecular flexibility index (Phi) is 9.72. The van der Waals surface area contributed by atoms with Crippen LogP contribution in [0.1, 0.15) is 69.5 Å². The highest BCUT2D eigenvalue weighted by atomic mass is 16.5. The summed E-state index contributed by atoms with van der Waals surface area (Å²) < 4.78 is 5.37. The molecule has 2 heterocycles. The lowest BCUT2D eigenvalue weighted by atomic mass is 10.1. The van der Waals surface area contributed by atoms with Gasteiger partial charge in [-0.1, -0.05) is 18.0 Å². The molecule has 1 aromatic heterocycles. The van der Waals surface area contributed by atoms with Crippen LogP contribution in [0.15, 0.2) is 4.52 Å². The van der Waals surface area contributed by atoms with E-state index in [1.165, 1.54) is 19.8 Å². The maximum Gasteiger partial charge on any atom is 0.290 e. The Morgan fingerprint density at radius 2 is 1.87 bits per heavy atom. The van der Waals surface area contributed by atoms with Crippen LogP contribution in [0.25, 0.3) is 0 Å². The fourth-order valence-corrected chi connectivity index (χ4v) is 4.15. The number of hydrogen-bond acceptors (Lipinski definition) is 7. The predicted octanol–water partition coefficient (Wildman–Crippen LogP) is 1.08. The first-order valence-electron chi connectivity index (χ1n) is 10.6. The molecule has 2 aliphatic rings. The number of rotatable bonds is 8. The van der Waals surface area contributed by atoms with Crippen LogP contribution in [0.4, 0.5) is 0 Å². The van der Waals surface area contributed by atoms with Gasteiger partial charge in [-0.05, 0) is 32.7 Å². The highest BCUT2D eigenvalue weighted by molar-refractivity contribution is 5.76. The molecule has 0 aromatic carbocycles. The van der Waals surface area contributed by atoms with Crippen molar-refractivity contribution in [2.24, 2.45) is 0 Å². The normalized spacial score (nSPS) is 21.7. The van der Waals surface area contributed by atoms with Crippen molar-refractivity contribution in [3.05, 3.63) is 11.7 Å². The first kappa shape index (κ1) is 23.8. The minimum absolute atomic E-state index is 0.0119. The second-order valence-corrected chi connectivity index (χ2v) is 7.93. The number of carbonyl (C=O) groups is 3. The highest BCUT2D eigenvalue weighted by Gasteiger charge is 2.31. The lowest BCUT2D eigenvalue weighted by molar-refractivity contribution is -0.123. The van der Waals surface area contributed by atoms with Crippen LogP contribution in [0.5, 0.6) is 0 Å². The Bertz CT molecular complexity index is 689. The topological polar surface area (TPSA) is 138 Å². The number of aromatic nitrogens is 2. The maximum atomic E-state index is 12.3. The molecule has 10 heteroatoms. The summed E-state index contributed by atoms with van der Waals surface area (Å²) in [7, 11) is 2.03. The van der Waals surface area contributed by atoms with Crippen molar-refractivity contribution in [2.75, 3.05) is 20.1 Å². The van der Waals surface area contributed by atoms with E-state index in [1.807, 2.05) is 7.05 Å². The number of likely N-dealkylation sites (tertiary alicyclic amines) is 1. The quantitative estimate of drug-likeness (QED) is 0.528. The fourth-order valence-electron chi connectivity index (χ4n) is 4.15. The van der Waals surface area contributed by atoms with E-state index in [2.05, 4.69) is 25.7 Å². The van der Waals surface area contributed by atoms with Gasteiger partial charge in [0.15, 0.2) is 5.82 Å². The van der Waals surface area contributed by atoms with Crippen LogP contribution in [-0.2, 0) is 20.8 Å². The Morgan fingerprint density at radius 1 is 1.20 bits per heavy atom. The van der Waals surface area contributed by atoms with Crippen molar-refractivity contribution in [3.8, 4) is 0 Å². The van der Waals surface area contributed by atoms with Crippen LogP contribution < -0.4 is 10.6 Å². The van der Waals surface area contributed by atoms with E-state index in [4.69, 9.17) is 14.4 Å². The van der Waals surface area contributed by atoms with Gasteiger partial charge in [0.25, 0.3) is 6.47 Å². The molecule has 3 rings (SSSR count). The molecule has 0 bridgehead atoms. The molecule has 0 spiro atoms. The zero-order chi connectivity index (χ0) is 21.9. The summed E-state index contributed by atoms with van der Waals surface area (Å²) in [5.41, 5.74) is 0. The lowest BCUT2D eigenvalue weighted by Gasteiger charge is -2.25. The second-order valence-electron chi connectivity index (χ2n) is 7.93. The molecule has 1 aliphatic carbocycles. The molecule has 10 nitrogen and oxygen atoms in total. The standard InChI is InChI=1S/C19H31N5O3.CH2O2/c1-13(25)21-12-16-8-7-15(24(16)2)11-18(26)20-10-9-17-22-19(27-23-17)14-5-3-4-6-14;2-1-3/h14-16H,3-12H2,1-2H3,(H,20,26)(H,21,25);1H,(H,2,3)/t15-,16+;/m0./s1. The van der Waals surface area contributed by atoms with Crippen molar-refractivity contribution in [3.63, 3.8) is 0 Å². The third-order valence-corrected chi connectivity index (χ3v) is 5.85. The SMILES string of the molecule is CC(=O)NC[C@H]1CC[C@@H](CC(=O)NCCc2noc(C3CCCC3)n2)N1C.O=CO. The van der Waals surface area contributed by atoms with E-state index < -0.39 is 0 Å². The summed E-state index contributed by atoms with van der Waals surface area (Å²) in [5.74, 6) is 1.88. The number of carbonyl (C=O) groups excluding carboxylic acids is 2. The van der Waals surface area contributed by atoms with Gasteiger partial charge < -0.3 is 20.3 Å². The van der Waals surface area contributed by atoms with Crippen LogP contribution in [0.3, 0.4) is 0 Å². The zero-order valence-electron chi connectivity index (χ0n) is 17.8. The summed E-state index contributed by atoms with van der Waals surface area (Å²) in [5, 5.41) is 16.8. The van der Waals surface area contributed by atoms with Crippen molar-refractivity contribution in [1.82, 2.24) is 25.7 Å². The van der Waals surface area contributed by atoms with E-state index in [0.717, 1.165) is 31.6 Å².